The maximum absolute atomic E-state index is 13.1. The highest BCUT2D eigenvalue weighted by Crippen LogP contribution is 2.27. The molecule has 2 rings (SSSR count). The monoisotopic (exact) mass is 1160 g/mol. The minimum Gasteiger partial charge on any atom is -0.457 e. The number of carbonyl (C=O) groups excluding carboxylic acids is 1. The Balaban J connectivity index is 1.66. The van der Waals surface area contributed by atoms with Crippen LogP contribution in [0.3, 0.4) is 0 Å². The highest BCUT2D eigenvalue weighted by molar-refractivity contribution is 5.69. The van der Waals surface area contributed by atoms with Gasteiger partial charge in [0, 0.05) is 13.0 Å². The highest BCUT2D eigenvalue weighted by Gasteiger charge is 2.47. The topological polar surface area (TPSA) is 214 Å². The molecule has 82 heavy (non-hydrogen) atoms. The summed E-state index contributed by atoms with van der Waals surface area (Å²) in [6.45, 7) is 3.61. The molecule has 2 heterocycles. The first-order chi connectivity index (χ1) is 40.1. The molecule has 11 unspecified atom stereocenters. The number of hydrogen-bond acceptors (Lipinski definition) is 14. The van der Waals surface area contributed by atoms with Crippen LogP contribution in [-0.2, 0) is 33.2 Å². The van der Waals surface area contributed by atoms with Crippen molar-refractivity contribution in [2.45, 2.75) is 332 Å². The normalized spacial score (nSPS) is 23.9. The molecule has 478 valence electrons. The Kier molecular flexibility index (Phi) is 50.0. The van der Waals surface area contributed by atoms with Crippen LogP contribution in [0.1, 0.15) is 264 Å². The molecule has 0 bridgehead atoms. The van der Waals surface area contributed by atoms with E-state index in [1.165, 1.54) is 154 Å². The molecule has 11 atom stereocenters. The zero-order valence-electron chi connectivity index (χ0n) is 51.7. The van der Waals surface area contributed by atoms with Gasteiger partial charge in [-0.15, -0.1) is 0 Å². The molecule has 0 saturated carbocycles. The van der Waals surface area contributed by atoms with E-state index in [0.29, 0.717) is 13.0 Å². The molecular weight excluding hydrogens is 1040 g/mol. The van der Waals surface area contributed by atoms with Crippen LogP contribution in [0.4, 0.5) is 0 Å². The average Bonchev–Trinajstić information content (AvgIpc) is 3.48. The number of ether oxygens (including phenoxy) is 6. The van der Waals surface area contributed by atoms with Gasteiger partial charge < -0.3 is 64.2 Å². The van der Waals surface area contributed by atoms with Gasteiger partial charge in [-0.05, 0) is 57.8 Å². The van der Waals surface area contributed by atoms with Crippen LogP contribution in [0.5, 0.6) is 0 Å². The van der Waals surface area contributed by atoms with E-state index in [9.17, 15) is 40.5 Å². The van der Waals surface area contributed by atoms with E-state index >= 15 is 0 Å². The summed E-state index contributed by atoms with van der Waals surface area (Å²) >= 11 is 0. The second-order valence-electron chi connectivity index (χ2n) is 23.3. The van der Waals surface area contributed by atoms with Crippen molar-refractivity contribution in [3.05, 3.63) is 60.8 Å². The molecule has 2 aliphatic rings. The summed E-state index contributed by atoms with van der Waals surface area (Å²) in [4.78, 5) is 13.1. The van der Waals surface area contributed by atoms with Crippen LogP contribution in [0.2, 0.25) is 0 Å². The van der Waals surface area contributed by atoms with Crippen LogP contribution in [0.15, 0.2) is 60.8 Å². The third kappa shape index (κ3) is 39.4. The molecule has 0 aromatic heterocycles. The molecule has 14 heteroatoms. The SMILES string of the molecule is CC/C=C\C/C=C\C/C=C\C/C=C\C/C=C\CCCCCCCCCC(=O)OC(COCCCCCCCCCCCCCCCCCCCCCCCCCCC)COC1OC(COC2OC(CO)C(O)C(O)C2O)C(O)C(O)C1O. The Morgan fingerprint density at radius 2 is 0.793 bits per heavy atom. The molecule has 2 fully saturated rings. The van der Waals surface area contributed by atoms with Gasteiger partial charge in [0.15, 0.2) is 12.6 Å². The third-order valence-electron chi connectivity index (χ3n) is 15.8. The van der Waals surface area contributed by atoms with Crippen molar-refractivity contribution >= 4 is 5.97 Å². The van der Waals surface area contributed by atoms with Crippen LogP contribution in [0, 0.1) is 0 Å². The van der Waals surface area contributed by atoms with Gasteiger partial charge in [-0.2, -0.15) is 0 Å². The number of carbonyl (C=O) groups is 1. The lowest BCUT2D eigenvalue weighted by atomic mass is 9.98. The second-order valence-corrected chi connectivity index (χ2v) is 23.3. The number of unbranched alkanes of at least 4 members (excludes halogenated alkanes) is 31. The van der Waals surface area contributed by atoms with Crippen molar-refractivity contribution in [2.75, 3.05) is 33.0 Å². The van der Waals surface area contributed by atoms with Crippen molar-refractivity contribution < 1.29 is 69.0 Å². The van der Waals surface area contributed by atoms with Gasteiger partial charge in [0.2, 0.25) is 0 Å². The van der Waals surface area contributed by atoms with Crippen molar-refractivity contribution in [2.24, 2.45) is 0 Å². The maximum atomic E-state index is 13.1. The predicted molar refractivity (Wildman–Crippen MR) is 330 cm³/mol. The zero-order valence-corrected chi connectivity index (χ0v) is 51.7. The molecule has 0 radical (unpaired) electrons. The Bertz CT molecular complexity index is 1590. The van der Waals surface area contributed by atoms with Crippen molar-refractivity contribution in [1.82, 2.24) is 0 Å². The number of aliphatic hydroxyl groups excluding tert-OH is 7. The van der Waals surface area contributed by atoms with E-state index in [4.69, 9.17) is 28.4 Å². The first-order valence-electron chi connectivity index (χ1n) is 33.4. The van der Waals surface area contributed by atoms with Crippen molar-refractivity contribution in [3.63, 3.8) is 0 Å². The first kappa shape index (κ1) is 75.8. The average molecular weight is 1160 g/mol. The molecular formula is C68H122O14. The van der Waals surface area contributed by atoms with Gasteiger partial charge in [-0.25, -0.2) is 0 Å². The summed E-state index contributed by atoms with van der Waals surface area (Å²) in [6.07, 6.45) is 52.9. The Morgan fingerprint density at radius 3 is 1.24 bits per heavy atom. The minimum atomic E-state index is -1.71. The number of aliphatic hydroxyl groups is 7. The fourth-order valence-electron chi connectivity index (χ4n) is 10.5. The predicted octanol–water partition coefficient (Wildman–Crippen LogP) is 13.6. The van der Waals surface area contributed by atoms with E-state index < -0.39 is 80.7 Å². The van der Waals surface area contributed by atoms with Crippen molar-refractivity contribution in [1.29, 1.82) is 0 Å². The maximum Gasteiger partial charge on any atom is 0.306 e. The van der Waals surface area contributed by atoms with Crippen LogP contribution >= 0.6 is 0 Å². The van der Waals surface area contributed by atoms with Crippen molar-refractivity contribution in [3.8, 4) is 0 Å². The van der Waals surface area contributed by atoms with E-state index in [2.05, 4.69) is 74.6 Å². The smallest absolute Gasteiger partial charge is 0.306 e. The number of rotatable bonds is 55. The zero-order chi connectivity index (χ0) is 59.4. The molecule has 0 amide bonds. The summed E-state index contributed by atoms with van der Waals surface area (Å²) in [7, 11) is 0. The van der Waals surface area contributed by atoms with Crippen LogP contribution in [0.25, 0.3) is 0 Å². The van der Waals surface area contributed by atoms with E-state index in [1.54, 1.807) is 0 Å². The van der Waals surface area contributed by atoms with Gasteiger partial charge in [-0.1, -0.05) is 261 Å². The molecule has 0 aliphatic carbocycles. The van der Waals surface area contributed by atoms with Crippen LogP contribution in [-0.4, -0.2) is 142 Å². The highest BCUT2D eigenvalue weighted by atomic mass is 16.7. The van der Waals surface area contributed by atoms with E-state index in [1.807, 2.05) is 0 Å². The molecule has 0 spiro atoms. The third-order valence-corrected chi connectivity index (χ3v) is 15.8. The molecule has 2 aliphatic heterocycles. The fourth-order valence-corrected chi connectivity index (χ4v) is 10.5. The van der Waals surface area contributed by atoms with E-state index in [-0.39, 0.29) is 25.6 Å². The molecule has 0 aromatic carbocycles. The lowest BCUT2D eigenvalue weighted by Gasteiger charge is -2.42. The van der Waals surface area contributed by atoms with Gasteiger partial charge in [0.1, 0.15) is 54.9 Å². The minimum absolute atomic E-state index is 0.0579. The lowest BCUT2D eigenvalue weighted by molar-refractivity contribution is -0.332. The standard InChI is InChI=1S/C68H122O14/c1-3-5-7-9-11-13-15-17-19-21-23-25-27-28-30-32-34-36-38-40-42-44-46-48-50-52-77-54-57(55-78-67-66(76)64(74)62(72)59(82-67)56-79-68-65(75)63(73)61(71)58(53-69)81-68)80-60(70)51-49-47-45-43-41-39-37-35-33-31-29-26-24-22-20-18-16-14-12-10-8-6-4-2/h6,8,12,14,18,20,24,26,31,33,57-59,61-69,71-76H,3-5,7,9-11,13,15-17,19,21-23,25,27-30,32,34-56H2,1-2H3/b8-6-,14-12-,20-18-,26-24-,33-31-. The summed E-state index contributed by atoms with van der Waals surface area (Å²) in [5.41, 5.74) is 0. The molecule has 7 N–H and O–H groups in total. The summed E-state index contributed by atoms with van der Waals surface area (Å²) < 4.78 is 34.5. The summed E-state index contributed by atoms with van der Waals surface area (Å²) in [5, 5.41) is 72.6. The summed E-state index contributed by atoms with van der Waals surface area (Å²) in [5.74, 6) is -0.384. The molecule has 14 nitrogen and oxygen atoms in total. The van der Waals surface area contributed by atoms with Gasteiger partial charge in [-0.3, -0.25) is 4.79 Å². The Morgan fingerprint density at radius 1 is 0.415 bits per heavy atom. The number of hydrogen-bond donors (Lipinski definition) is 7. The molecule has 2 saturated heterocycles. The van der Waals surface area contributed by atoms with Crippen LogP contribution < -0.4 is 0 Å². The Hall–Kier alpha value is -2.31. The second kappa shape index (κ2) is 54.1. The Labute approximate surface area is 498 Å². The van der Waals surface area contributed by atoms with Gasteiger partial charge >= 0.3 is 5.97 Å². The number of allylic oxidation sites excluding steroid dienone is 10. The summed E-state index contributed by atoms with van der Waals surface area (Å²) in [6, 6.07) is 0. The quantitative estimate of drug-likeness (QED) is 0.0171. The molecule has 0 aromatic rings. The van der Waals surface area contributed by atoms with Gasteiger partial charge in [0.25, 0.3) is 0 Å². The lowest BCUT2D eigenvalue weighted by Crippen LogP contribution is -2.61. The van der Waals surface area contributed by atoms with E-state index in [0.717, 1.165) is 83.5 Å². The fraction of sp³-hybridized carbons (Fsp3) is 0.838. The largest absolute Gasteiger partial charge is 0.457 e. The number of esters is 1. The van der Waals surface area contributed by atoms with Gasteiger partial charge in [0.05, 0.1) is 26.4 Å². The first-order valence-corrected chi connectivity index (χ1v) is 33.4.